The van der Waals surface area contributed by atoms with Gasteiger partial charge in [0.2, 0.25) is 0 Å². The van der Waals surface area contributed by atoms with Gasteiger partial charge in [0.25, 0.3) is 0 Å². The Kier molecular flexibility index (Phi) is 5.83. The molecule has 0 aliphatic heterocycles. The topological polar surface area (TPSA) is 0 Å². The van der Waals surface area contributed by atoms with Crippen LogP contribution in [-0.2, 0) is 6.18 Å². The minimum absolute atomic E-state index is 0.0932. The molecule has 0 spiro atoms. The molecule has 1 fully saturated rings. The standard InChI is InChI=1S/C19H21F5/c1-12(2)4-3-5-13-6-8-14(9-7-13)15-10-16(20)18(17(21)11-15)19(22,23)24/h3-5,10-11,13-14H,6-9H2,1-2H3/b5-3+. The number of allylic oxidation sites excluding steroid dienone is 4. The molecule has 0 saturated heterocycles. The summed E-state index contributed by atoms with van der Waals surface area (Å²) in [5.74, 6) is -2.74. The fourth-order valence-electron chi connectivity index (χ4n) is 3.15. The van der Waals surface area contributed by atoms with Crippen molar-refractivity contribution in [3.05, 3.63) is 58.7 Å². The van der Waals surface area contributed by atoms with Crippen LogP contribution in [0.5, 0.6) is 0 Å². The molecule has 0 bridgehead atoms. The first kappa shape index (κ1) is 18.7. The quantitative estimate of drug-likeness (QED) is 0.419. The van der Waals surface area contributed by atoms with E-state index in [9.17, 15) is 22.0 Å². The van der Waals surface area contributed by atoms with Crippen LogP contribution in [0.2, 0.25) is 0 Å². The monoisotopic (exact) mass is 344 g/mol. The minimum atomic E-state index is -5.01. The Labute approximate surface area is 139 Å². The largest absolute Gasteiger partial charge is 0.422 e. The number of hydrogen-bond acceptors (Lipinski definition) is 0. The van der Waals surface area contributed by atoms with Crippen molar-refractivity contribution in [2.45, 2.75) is 51.6 Å². The third-order valence-corrected chi connectivity index (χ3v) is 4.40. The van der Waals surface area contributed by atoms with Gasteiger partial charge in [-0.15, -0.1) is 0 Å². The number of rotatable bonds is 3. The summed E-state index contributed by atoms with van der Waals surface area (Å²) in [5, 5.41) is 0. The average molecular weight is 344 g/mol. The second-order valence-electron chi connectivity index (χ2n) is 6.60. The first-order chi connectivity index (χ1) is 11.2. The van der Waals surface area contributed by atoms with E-state index in [1.54, 1.807) is 0 Å². The zero-order chi connectivity index (χ0) is 17.9. The molecule has 0 amide bonds. The first-order valence-electron chi connectivity index (χ1n) is 8.06. The van der Waals surface area contributed by atoms with E-state index < -0.39 is 23.4 Å². The van der Waals surface area contributed by atoms with Crippen LogP contribution >= 0.6 is 0 Å². The molecule has 0 radical (unpaired) electrons. The van der Waals surface area contributed by atoms with Crippen LogP contribution < -0.4 is 0 Å². The number of hydrogen-bond donors (Lipinski definition) is 0. The van der Waals surface area contributed by atoms with Crippen LogP contribution in [0.1, 0.15) is 56.6 Å². The summed E-state index contributed by atoms with van der Waals surface area (Å²) in [4.78, 5) is 0. The van der Waals surface area contributed by atoms with Gasteiger partial charge in [0.05, 0.1) is 0 Å². The van der Waals surface area contributed by atoms with Gasteiger partial charge in [-0.1, -0.05) is 23.8 Å². The van der Waals surface area contributed by atoms with Gasteiger partial charge in [-0.05, 0) is 69.1 Å². The van der Waals surface area contributed by atoms with E-state index in [0.717, 1.165) is 25.0 Å². The molecular formula is C19H21F5. The van der Waals surface area contributed by atoms with E-state index in [1.165, 1.54) is 5.57 Å². The summed E-state index contributed by atoms with van der Waals surface area (Å²) in [6, 6.07) is 1.69. The molecule has 2 rings (SSSR count). The van der Waals surface area contributed by atoms with Gasteiger partial charge in [-0.25, -0.2) is 8.78 Å². The molecule has 1 aliphatic carbocycles. The van der Waals surface area contributed by atoms with Crippen LogP contribution in [0.15, 0.2) is 35.9 Å². The Bertz CT molecular complexity index is 605. The predicted molar refractivity (Wildman–Crippen MR) is 84.6 cm³/mol. The molecule has 132 valence electrons. The van der Waals surface area contributed by atoms with Crippen LogP contribution in [-0.4, -0.2) is 0 Å². The van der Waals surface area contributed by atoms with Crippen molar-refractivity contribution in [3.63, 3.8) is 0 Å². The van der Waals surface area contributed by atoms with Gasteiger partial charge < -0.3 is 0 Å². The Balaban J connectivity index is 2.07. The van der Waals surface area contributed by atoms with Crippen LogP contribution in [0.4, 0.5) is 22.0 Å². The smallest absolute Gasteiger partial charge is 0.206 e. The molecule has 1 aromatic carbocycles. The van der Waals surface area contributed by atoms with Crippen LogP contribution in [0, 0.1) is 17.6 Å². The maximum absolute atomic E-state index is 13.7. The molecule has 0 aromatic heterocycles. The third kappa shape index (κ3) is 4.68. The summed E-state index contributed by atoms with van der Waals surface area (Å²) < 4.78 is 65.3. The zero-order valence-corrected chi connectivity index (χ0v) is 13.8. The summed E-state index contributed by atoms with van der Waals surface area (Å²) >= 11 is 0. The molecule has 5 heteroatoms. The Morgan fingerprint density at radius 2 is 1.54 bits per heavy atom. The maximum atomic E-state index is 13.7. The molecule has 0 heterocycles. The molecule has 1 aliphatic rings. The lowest BCUT2D eigenvalue weighted by Gasteiger charge is -2.27. The minimum Gasteiger partial charge on any atom is -0.206 e. The summed E-state index contributed by atoms with van der Waals surface area (Å²) in [6.45, 7) is 4.02. The van der Waals surface area contributed by atoms with Gasteiger partial charge in [0.1, 0.15) is 17.2 Å². The van der Waals surface area contributed by atoms with Gasteiger partial charge in [-0.3, -0.25) is 0 Å². The van der Waals surface area contributed by atoms with Crippen molar-refractivity contribution in [1.82, 2.24) is 0 Å². The highest BCUT2D eigenvalue weighted by molar-refractivity contribution is 5.31. The van der Waals surface area contributed by atoms with Gasteiger partial charge in [0.15, 0.2) is 0 Å². The highest BCUT2D eigenvalue weighted by Gasteiger charge is 2.38. The number of halogens is 5. The highest BCUT2D eigenvalue weighted by atomic mass is 19.4. The van der Waals surface area contributed by atoms with E-state index in [1.807, 2.05) is 26.0 Å². The Morgan fingerprint density at radius 1 is 1.00 bits per heavy atom. The van der Waals surface area contributed by atoms with E-state index in [-0.39, 0.29) is 5.92 Å². The Hall–Kier alpha value is -1.65. The third-order valence-electron chi connectivity index (χ3n) is 4.40. The molecule has 1 saturated carbocycles. The highest BCUT2D eigenvalue weighted by Crippen LogP contribution is 2.39. The number of alkyl halides is 3. The fourth-order valence-corrected chi connectivity index (χ4v) is 3.15. The molecule has 0 atom stereocenters. The molecule has 0 N–H and O–H groups in total. The number of benzene rings is 1. The van der Waals surface area contributed by atoms with Crippen LogP contribution in [0.3, 0.4) is 0 Å². The molecule has 0 unspecified atom stereocenters. The van der Waals surface area contributed by atoms with Gasteiger partial charge >= 0.3 is 6.18 Å². The second kappa shape index (κ2) is 7.49. The van der Waals surface area contributed by atoms with E-state index in [4.69, 9.17) is 0 Å². The van der Waals surface area contributed by atoms with Crippen molar-refractivity contribution in [2.24, 2.45) is 5.92 Å². The Morgan fingerprint density at radius 3 is 2.00 bits per heavy atom. The van der Waals surface area contributed by atoms with E-state index in [0.29, 0.717) is 24.3 Å². The molecule has 0 nitrogen and oxygen atoms in total. The zero-order valence-electron chi connectivity index (χ0n) is 13.8. The molecule has 1 aromatic rings. The summed E-state index contributed by atoms with van der Waals surface area (Å²) in [7, 11) is 0. The summed E-state index contributed by atoms with van der Waals surface area (Å²) in [5.41, 5.74) is -0.273. The van der Waals surface area contributed by atoms with Crippen molar-refractivity contribution in [3.8, 4) is 0 Å². The average Bonchev–Trinajstić information content (AvgIpc) is 2.45. The lowest BCUT2D eigenvalue weighted by atomic mass is 9.78. The van der Waals surface area contributed by atoms with Crippen molar-refractivity contribution < 1.29 is 22.0 Å². The maximum Gasteiger partial charge on any atom is 0.422 e. The fraction of sp³-hybridized carbons (Fsp3) is 0.474. The lowest BCUT2D eigenvalue weighted by Crippen LogP contribution is -2.15. The molecular weight excluding hydrogens is 323 g/mol. The van der Waals surface area contributed by atoms with Crippen molar-refractivity contribution in [1.29, 1.82) is 0 Å². The van der Waals surface area contributed by atoms with Crippen molar-refractivity contribution >= 4 is 0 Å². The van der Waals surface area contributed by atoms with Gasteiger partial charge in [0, 0.05) is 0 Å². The van der Waals surface area contributed by atoms with E-state index >= 15 is 0 Å². The van der Waals surface area contributed by atoms with Gasteiger partial charge in [-0.2, -0.15) is 13.2 Å². The second-order valence-corrected chi connectivity index (χ2v) is 6.60. The lowest BCUT2D eigenvalue weighted by molar-refractivity contribution is -0.142. The normalized spacial score (nSPS) is 22.0. The summed E-state index contributed by atoms with van der Waals surface area (Å²) in [6.07, 6.45) is 4.30. The molecule has 24 heavy (non-hydrogen) atoms. The van der Waals surface area contributed by atoms with Crippen LogP contribution in [0.25, 0.3) is 0 Å². The van der Waals surface area contributed by atoms with Crippen molar-refractivity contribution in [2.75, 3.05) is 0 Å². The SMILES string of the molecule is CC(C)=C/C=C/C1CCC(c2cc(F)c(C(F)(F)F)c(F)c2)CC1. The first-order valence-corrected chi connectivity index (χ1v) is 8.06. The van der Waals surface area contributed by atoms with E-state index in [2.05, 4.69) is 6.08 Å². The predicted octanol–water partition coefficient (Wildman–Crippen LogP) is 6.78.